The van der Waals surface area contributed by atoms with Crippen LogP contribution in [0.3, 0.4) is 0 Å². The van der Waals surface area contributed by atoms with Crippen molar-refractivity contribution in [3.05, 3.63) is 211 Å². The van der Waals surface area contributed by atoms with Gasteiger partial charge in [0, 0.05) is 48.0 Å². The lowest BCUT2D eigenvalue weighted by atomic mass is 9.82. The summed E-state index contributed by atoms with van der Waals surface area (Å²) in [6, 6.07) is 73.1. The highest BCUT2D eigenvalue weighted by molar-refractivity contribution is 7.26. The molecule has 284 valence electrons. The molecule has 0 radical (unpaired) electrons. The monoisotopic (exact) mass is 785 g/mol. The maximum absolute atomic E-state index is 6.79. The first-order valence-corrected chi connectivity index (χ1v) is 21.5. The van der Waals surface area contributed by atoms with Crippen LogP contribution in [0.4, 0.5) is 17.1 Å². The Labute approximate surface area is 354 Å². The molecule has 1 aliphatic heterocycles. The number of ether oxygens (including phenoxy) is 1. The third-order valence-corrected chi connectivity index (χ3v) is 13.8. The normalized spacial score (nSPS) is 13.1. The Bertz CT molecular complexity index is 3320. The highest BCUT2D eigenvalue weighted by Crippen LogP contribution is 2.57. The Morgan fingerprint density at radius 3 is 1.83 bits per heavy atom. The number of para-hydroxylation sites is 1. The number of anilines is 3. The molecule has 3 heteroatoms. The van der Waals surface area contributed by atoms with Crippen LogP contribution in [0, 0.1) is 0 Å². The van der Waals surface area contributed by atoms with Gasteiger partial charge in [-0.15, -0.1) is 11.3 Å². The van der Waals surface area contributed by atoms with Crippen LogP contribution in [-0.2, 0) is 5.41 Å². The molecule has 12 rings (SSSR count). The molecule has 0 saturated heterocycles. The second-order valence-corrected chi connectivity index (χ2v) is 17.5. The number of nitrogens with zero attached hydrogens (tertiary/aromatic N) is 1. The first kappa shape index (κ1) is 34.8. The largest absolute Gasteiger partial charge is 0.456 e. The molecule has 2 heterocycles. The van der Waals surface area contributed by atoms with Gasteiger partial charge in [-0.05, 0) is 111 Å². The van der Waals surface area contributed by atoms with E-state index in [1.54, 1.807) is 0 Å². The van der Waals surface area contributed by atoms with Crippen molar-refractivity contribution in [1.29, 1.82) is 0 Å². The second-order valence-electron chi connectivity index (χ2n) is 16.4. The average Bonchev–Trinajstić information content (AvgIpc) is 3.74. The minimum Gasteiger partial charge on any atom is -0.456 e. The highest BCUT2D eigenvalue weighted by atomic mass is 32.1. The van der Waals surface area contributed by atoms with Crippen LogP contribution in [-0.4, -0.2) is 0 Å². The molecule has 2 nitrogen and oxygen atoms in total. The van der Waals surface area contributed by atoms with Crippen LogP contribution in [0.2, 0.25) is 0 Å². The average molecular weight is 786 g/mol. The van der Waals surface area contributed by atoms with E-state index in [0.29, 0.717) is 0 Å². The van der Waals surface area contributed by atoms with E-state index in [9.17, 15) is 0 Å². The van der Waals surface area contributed by atoms with Gasteiger partial charge in [-0.1, -0.05) is 153 Å². The van der Waals surface area contributed by atoms with Gasteiger partial charge in [0.1, 0.15) is 11.5 Å². The fraction of sp³-hybridized carbons (Fsp3) is 0.0526. The van der Waals surface area contributed by atoms with E-state index in [2.05, 4.69) is 219 Å². The summed E-state index contributed by atoms with van der Waals surface area (Å²) in [5, 5.41) is 2.51. The van der Waals surface area contributed by atoms with E-state index < -0.39 is 0 Å². The van der Waals surface area contributed by atoms with Gasteiger partial charge >= 0.3 is 0 Å². The van der Waals surface area contributed by atoms with Crippen molar-refractivity contribution in [2.24, 2.45) is 0 Å². The van der Waals surface area contributed by atoms with Crippen molar-refractivity contribution >= 4 is 48.6 Å². The van der Waals surface area contributed by atoms with E-state index >= 15 is 0 Å². The molecule has 2 aliphatic rings. The topological polar surface area (TPSA) is 12.5 Å². The maximum Gasteiger partial charge on any atom is 0.135 e. The smallest absolute Gasteiger partial charge is 0.135 e. The molecule has 0 unspecified atom stereocenters. The first-order valence-electron chi connectivity index (χ1n) is 20.7. The van der Waals surface area contributed by atoms with E-state index in [1.807, 2.05) is 11.3 Å². The van der Waals surface area contributed by atoms with Crippen LogP contribution < -0.4 is 9.64 Å². The van der Waals surface area contributed by atoms with E-state index in [-0.39, 0.29) is 5.41 Å². The Balaban J connectivity index is 1.15. The summed E-state index contributed by atoms with van der Waals surface area (Å²) < 4.78 is 9.32. The summed E-state index contributed by atoms with van der Waals surface area (Å²) in [5.74, 6) is 1.71. The Morgan fingerprint density at radius 1 is 0.417 bits per heavy atom. The fourth-order valence-corrected chi connectivity index (χ4v) is 10.9. The summed E-state index contributed by atoms with van der Waals surface area (Å²) in [6.45, 7) is 4.75. The Kier molecular flexibility index (Phi) is 7.79. The van der Waals surface area contributed by atoms with E-state index in [1.165, 1.54) is 70.2 Å². The fourth-order valence-electron chi connectivity index (χ4n) is 9.80. The number of hydrogen-bond acceptors (Lipinski definition) is 3. The van der Waals surface area contributed by atoms with Crippen LogP contribution >= 0.6 is 11.3 Å². The second kappa shape index (κ2) is 13.4. The van der Waals surface area contributed by atoms with Crippen LogP contribution in [0.5, 0.6) is 11.5 Å². The van der Waals surface area contributed by atoms with Gasteiger partial charge in [-0.25, -0.2) is 0 Å². The van der Waals surface area contributed by atoms with Crippen molar-refractivity contribution in [3.8, 4) is 67.1 Å². The van der Waals surface area contributed by atoms with Crippen molar-refractivity contribution in [1.82, 2.24) is 0 Å². The number of rotatable bonds is 5. The van der Waals surface area contributed by atoms with Gasteiger partial charge in [-0.3, -0.25) is 0 Å². The van der Waals surface area contributed by atoms with Gasteiger partial charge in [0.25, 0.3) is 0 Å². The Morgan fingerprint density at radius 2 is 1.05 bits per heavy atom. The molecule has 1 aromatic heterocycles. The summed E-state index contributed by atoms with van der Waals surface area (Å²) >= 11 is 1.86. The van der Waals surface area contributed by atoms with Crippen molar-refractivity contribution in [2.75, 3.05) is 4.90 Å². The third kappa shape index (κ3) is 5.33. The summed E-state index contributed by atoms with van der Waals surface area (Å²) in [5.41, 5.74) is 17.8. The van der Waals surface area contributed by atoms with Crippen LogP contribution in [0.25, 0.3) is 75.8 Å². The van der Waals surface area contributed by atoms with Gasteiger partial charge in [-0.2, -0.15) is 0 Å². The van der Waals surface area contributed by atoms with E-state index in [0.717, 1.165) is 45.3 Å². The van der Waals surface area contributed by atoms with Crippen molar-refractivity contribution in [2.45, 2.75) is 19.3 Å². The zero-order valence-electron chi connectivity index (χ0n) is 33.3. The molecule has 0 fully saturated rings. The number of fused-ring (bicyclic) bond motifs is 11. The van der Waals surface area contributed by atoms with Gasteiger partial charge in [0.2, 0.25) is 0 Å². The SMILES string of the molecule is CC1(C)c2ccc(-c3ccccc3)cc2-c2c(N(c3ccc4c(c3)-c3ccccc3-c3ccccc3O4)c3cccc4sc5ccc(-c6ccccc6)cc5c34)cccc21. The molecule has 60 heavy (non-hydrogen) atoms. The van der Waals surface area contributed by atoms with Crippen LogP contribution in [0.1, 0.15) is 25.0 Å². The third-order valence-electron chi connectivity index (χ3n) is 12.7. The number of thiophene rings is 1. The quantitative estimate of drug-likeness (QED) is 0.172. The lowest BCUT2D eigenvalue weighted by Crippen LogP contribution is -2.16. The predicted molar refractivity (Wildman–Crippen MR) is 253 cm³/mol. The standard InChI is InChI=1S/C57H39NOS/c1-57(2)47-30-27-38(36-15-5-3-6-16-36)33-45(47)55-48(57)22-13-23-49(55)58(40-29-31-52-44(35-40)42-20-10-9-19-41(42)43-21-11-12-25-51(43)59-52)50-24-14-26-54-56(50)46-34-39(28-32-53(46)60-54)37-17-7-4-8-18-37/h3-35H,1-2H3. The zero-order valence-corrected chi connectivity index (χ0v) is 34.1. The summed E-state index contributed by atoms with van der Waals surface area (Å²) in [4.78, 5) is 2.53. The highest BCUT2D eigenvalue weighted by Gasteiger charge is 2.38. The molecule has 0 saturated carbocycles. The molecular weight excluding hydrogens is 747 g/mol. The first-order chi connectivity index (χ1) is 29.5. The number of hydrogen-bond donors (Lipinski definition) is 0. The zero-order chi connectivity index (χ0) is 40.0. The van der Waals surface area contributed by atoms with Crippen LogP contribution in [0.15, 0.2) is 200 Å². The summed E-state index contributed by atoms with van der Waals surface area (Å²) in [6.07, 6.45) is 0. The molecule has 1 aliphatic carbocycles. The predicted octanol–water partition coefficient (Wildman–Crippen LogP) is 16.6. The van der Waals surface area contributed by atoms with Gasteiger partial charge < -0.3 is 9.64 Å². The van der Waals surface area contributed by atoms with Crippen molar-refractivity contribution in [3.63, 3.8) is 0 Å². The number of benzene rings is 9. The molecule has 9 aromatic carbocycles. The van der Waals surface area contributed by atoms with Gasteiger partial charge in [0.05, 0.1) is 11.4 Å². The molecule has 0 spiro atoms. The summed E-state index contributed by atoms with van der Waals surface area (Å²) in [7, 11) is 0. The molecule has 0 atom stereocenters. The molecule has 0 N–H and O–H groups in total. The van der Waals surface area contributed by atoms with E-state index in [4.69, 9.17) is 4.74 Å². The molecule has 0 bridgehead atoms. The lowest BCUT2D eigenvalue weighted by Gasteiger charge is -2.30. The van der Waals surface area contributed by atoms with Gasteiger partial charge in [0.15, 0.2) is 0 Å². The molecule has 10 aromatic rings. The Hall–Kier alpha value is -7.20. The minimum absolute atomic E-state index is 0.195. The maximum atomic E-state index is 6.79. The van der Waals surface area contributed by atoms with Crippen molar-refractivity contribution < 1.29 is 4.74 Å². The lowest BCUT2D eigenvalue weighted by molar-refractivity contribution is 0.488. The minimum atomic E-state index is -0.195. The molecular formula is C57H39NOS. The molecule has 0 amide bonds.